The molecule has 0 aliphatic rings. The molecular weight excluding hydrogens is 181 g/mol. The minimum Gasteiger partial charge on any atom is -0.316 e. The molecule has 0 aliphatic heterocycles. The van der Waals surface area contributed by atoms with Gasteiger partial charge in [-0.05, 0) is 24.6 Å². The van der Waals surface area contributed by atoms with Gasteiger partial charge in [0.05, 0.1) is 11.1 Å². The number of nitrogens with one attached hydrogen (secondary N) is 1. The molecule has 1 unspecified atom stereocenters. The maximum atomic E-state index is 12.8. The summed E-state index contributed by atoms with van der Waals surface area (Å²) in [5.74, 6) is -0.476. The zero-order valence-corrected chi connectivity index (χ0v) is 7.27. The minimum absolute atomic E-state index is 0.0869. The Hall–Kier alpha value is -0.640. The molecule has 0 aromatic heterocycles. The Morgan fingerprint density at radius 2 is 2.25 bits per heavy atom. The lowest BCUT2D eigenvalue weighted by Crippen LogP contribution is -2.13. The lowest BCUT2D eigenvalue weighted by atomic mass is 10.1. The molecule has 1 aromatic rings. The topological polar surface area (TPSA) is 32.3 Å². The fourth-order valence-electron chi connectivity index (χ4n) is 0.856. The van der Waals surface area contributed by atoms with Gasteiger partial charge in [-0.25, -0.2) is 4.39 Å². The first-order valence-corrected chi connectivity index (χ1v) is 3.87. The molecule has 1 atom stereocenters. The van der Waals surface area contributed by atoms with Crippen LogP contribution in [0.3, 0.4) is 0 Å². The van der Waals surface area contributed by atoms with E-state index < -0.39 is 5.82 Å². The van der Waals surface area contributed by atoms with Gasteiger partial charge in [-0.15, -0.1) is 0 Å². The predicted octanol–water partition coefficient (Wildman–Crippen LogP) is 2.52. The van der Waals surface area contributed by atoms with Crippen molar-refractivity contribution in [2.75, 3.05) is 0 Å². The second kappa shape index (κ2) is 3.85. The van der Waals surface area contributed by atoms with Crippen molar-refractivity contribution in [3.63, 3.8) is 0 Å². The van der Waals surface area contributed by atoms with Crippen LogP contribution in [0.15, 0.2) is 18.2 Å². The van der Waals surface area contributed by atoms with E-state index in [0.29, 0.717) is 5.56 Å². The molecule has 0 radical (unpaired) electrons. The Kier molecular flexibility index (Phi) is 3.03. The van der Waals surface area contributed by atoms with Crippen LogP contribution in [0.2, 0.25) is 5.02 Å². The van der Waals surface area contributed by atoms with Gasteiger partial charge in [-0.3, -0.25) is 0 Å². The maximum Gasteiger partial charge on any atom is 0.142 e. The van der Waals surface area contributed by atoms with E-state index >= 15 is 0 Å². The maximum absolute atomic E-state index is 12.8. The van der Waals surface area contributed by atoms with Gasteiger partial charge in [-0.1, -0.05) is 17.7 Å². The van der Waals surface area contributed by atoms with Crippen LogP contribution in [0, 0.1) is 5.82 Å². The van der Waals surface area contributed by atoms with Crippen molar-refractivity contribution in [2.24, 2.45) is 0 Å². The quantitative estimate of drug-likeness (QED) is 0.701. The van der Waals surface area contributed by atoms with E-state index in [4.69, 9.17) is 16.8 Å². The van der Waals surface area contributed by atoms with Gasteiger partial charge in [-0.2, -0.15) is 5.48 Å². The zero-order chi connectivity index (χ0) is 9.14. The number of hydrogen-bond acceptors (Lipinski definition) is 2. The van der Waals surface area contributed by atoms with E-state index in [1.54, 1.807) is 13.0 Å². The van der Waals surface area contributed by atoms with Crippen LogP contribution in [0.25, 0.3) is 0 Å². The summed E-state index contributed by atoms with van der Waals surface area (Å²) in [6, 6.07) is 4.10. The highest BCUT2D eigenvalue weighted by molar-refractivity contribution is 6.30. The van der Waals surface area contributed by atoms with Gasteiger partial charge in [0, 0.05) is 0 Å². The third-order valence-electron chi connectivity index (χ3n) is 1.64. The monoisotopic (exact) mass is 189 g/mol. The number of halogens is 2. The second-order valence-corrected chi connectivity index (χ2v) is 2.93. The molecular formula is C8H9ClFNO. The van der Waals surface area contributed by atoms with E-state index in [0.717, 1.165) is 0 Å². The largest absolute Gasteiger partial charge is 0.316 e. The molecule has 0 saturated carbocycles. The van der Waals surface area contributed by atoms with Crippen molar-refractivity contribution in [1.82, 2.24) is 5.48 Å². The molecule has 2 nitrogen and oxygen atoms in total. The molecule has 0 bridgehead atoms. The van der Waals surface area contributed by atoms with Crippen LogP contribution in [0.1, 0.15) is 18.5 Å². The molecule has 0 aliphatic carbocycles. The summed E-state index contributed by atoms with van der Waals surface area (Å²) < 4.78 is 12.8. The number of benzene rings is 1. The Balaban J connectivity index is 2.96. The molecule has 0 heterocycles. The number of hydrogen-bond donors (Lipinski definition) is 2. The van der Waals surface area contributed by atoms with Crippen molar-refractivity contribution in [1.29, 1.82) is 0 Å². The molecule has 0 amide bonds. The van der Waals surface area contributed by atoms with Crippen molar-refractivity contribution < 1.29 is 9.60 Å². The Bertz CT molecular complexity index is 280. The van der Waals surface area contributed by atoms with Crippen LogP contribution >= 0.6 is 11.6 Å². The Labute approximate surface area is 74.9 Å². The van der Waals surface area contributed by atoms with Crippen molar-refractivity contribution in [2.45, 2.75) is 13.0 Å². The van der Waals surface area contributed by atoms with Gasteiger partial charge in [0.2, 0.25) is 0 Å². The summed E-state index contributed by atoms with van der Waals surface area (Å²) in [5.41, 5.74) is 2.67. The van der Waals surface area contributed by atoms with E-state index in [9.17, 15) is 4.39 Å². The van der Waals surface area contributed by atoms with Gasteiger partial charge < -0.3 is 5.21 Å². The molecule has 1 aromatic carbocycles. The Morgan fingerprint density at radius 1 is 1.58 bits per heavy atom. The molecule has 0 spiro atoms. The fraction of sp³-hybridized carbons (Fsp3) is 0.250. The van der Waals surface area contributed by atoms with Crippen LogP contribution < -0.4 is 5.48 Å². The standard InChI is InChI=1S/C8H9ClFNO/c1-5(11-12)6-2-3-7(9)8(10)4-6/h2-5,11-12H,1H3. The molecule has 0 fully saturated rings. The van der Waals surface area contributed by atoms with Crippen LogP contribution in [0.5, 0.6) is 0 Å². The van der Waals surface area contributed by atoms with Crippen molar-refractivity contribution in [3.8, 4) is 0 Å². The van der Waals surface area contributed by atoms with Gasteiger partial charge in [0.1, 0.15) is 5.82 Å². The molecule has 66 valence electrons. The summed E-state index contributed by atoms with van der Waals surface area (Å²) in [7, 11) is 0. The molecule has 12 heavy (non-hydrogen) atoms. The molecule has 2 N–H and O–H groups in total. The fourth-order valence-corrected chi connectivity index (χ4v) is 0.974. The van der Waals surface area contributed by atoms with E-state index in [1.807, 2.05) is 5.48 Å². The Morgan fingerprint density at radius 3 is 2.75 bits per heavy atom. The first-order chi connectivity index (χ1) is 5.65. The van der Waals surface area contributed by atoms with Crippen LogP contribution in [0.4, 0.5) is 4.39 Å². The SMILES string of the molecule is CC(NO)c1ccc(Cl)c(F)c1. The molecule has 4 heteroatoms. The summed E-state index contributed by atoms with van der Waals surface area (Å²) >= 11 is 5.47. The number of rotatable bonds is 2. The van der Waals surface area contributed by atoms with Gasteiger partial charge in [0.25, 0.3) is 0 Å². The smallest absolute Gasteiger partial charge is 0.142 e. The lowest BCUT2D eigenvalue weighted by molar-refractivity contribution is 0.133. The molecule has 0 saturated heterocycles. The van der Waals surface area contributed by atoms with Gasteiger partial charge in [0.15, 0.2) is 0 Å². The first-order valence-electron chi connectivity index (χ1n) is 3.49. The van der Waals surface area contributed by atoms with Crippen LogP contribution in [-0.2, 0) is 0 Å². The third-order valence-corrected chi connectivity index (χ3v) is 1.94. The summed E-state index contributed by atoms with van der Waals surface area (Å²) in [6.45, 7) is 1.71. The molecule has 1 rings (SSSR count). The highest BCUT2D eigenvalue weighted by atomic mass is 35.5. The second-order valence-electron chi connectivity index (χ2n) is 2.52. The normalized spacial score (nSPS) is 13.0. The van der Waals surface area contributed by atoms with Crippen molar-refractivity contribution in [3.05, 3.63) is 34.6 Å². The average molecular weight is 190 g/mol. The highest BCUT2D eigenvalue weighted by Gasteiger charge is 2.06. The van der Waals surface area contributed by atoms with E-state index in [-0.39, 0.29) is 11.1 Å². The summed E-state index contributed by atoms with van der Waals surface area (Å²) in [5, 5.41) is 8.63. The highest BCUT2D eigenvalue weighted by Crippen LogP contribution is 2.19. The van der Waals surface area contributed by atoms with E-state index in [2.05, 4.69) is 0 Å². The van der Waals surface area contributed by atoms with E-state index in [1.165, 1.54) is 12.1 Å². The minimum atomic E-state index is -0.476. The lowest BCUT2D eigenvalue weighted by Gasteiger charge is -2.08. The number of hydroxylamine groups is 1. The summed E-state index contributed by atoms with van der Waals surface area (Å²) in [6.07, 6.45) is 0. The zero-order valence-electron chi connectivity index (χ0n) is 6.51. The third kappa shape index (κ3) is 1.94. The van der Waals surface area contributed by atoms with Gasteiger partial charge >= 0.3 is 0 Å². The average Bonchev–Trinajstić information content (AvgIpc) is 2.08. The predicted molar refractivity (Wildman–Crippen MR) is 44.7 cm³/mol. The van der Waals surface area contributed by atoms with Crippen molar-refractivity contribution >= 4 is 11.6 Å². The first kappa shape index (κ1) is 9.45. The van der Waals surface area contributed by atoms with Crippen LogP contribution in [-0.4, -0.2) is 5.21 Å². The summed E-state index contributed by atoms with van der Waals surface area (Å²) in [4.78, 5) is 0.